The van der Waals surface area contributed by atoms with Crippen LogP contribution in [0.5, 0.6) is 0 Å². The quantitative estimate of drug-likeness (QED) is 0.210. The van der Waals surface area contributed by atoms with E-state index in [0.717, 1.165) is 11.0 Å². The molecule has 188 valence electrons. The molecule has 7 aromatic carbocycles. The van der Waals surface area contributed by atoms with Crippen LogP contribution in [0.15, 0.2) is 139 Å². The zero-order valence-electron chi connectivity index (χ0n) is 36.0. The normalized spacial score (nSPS) is 16.9. The molecule has 0 saturated carbocycles. The molecule has 8 aromatic rings. The molecule has 1 aromatic heterocycles. The Morgan fingerprint density at radius 2 is 1.15 bits per heavy atom. The van der Waals surface area contributed by atoms with Crippen LogP contribution in [-0.2, 0) is 0 Å². The maximum atomic E-state index is 9.35. The summed E-state index contributed by atoms with van der Waals surface area (Å²) in [5, 5.41) is -1.75. The summed E-state index contributed by atoms with van der Waals surface area (Å²) in [6.45, 7) is 1.85. The Labute approximate surface area is 253 Å². The first kappa shape index (κ1) is 12.3. The van der Waals surface area contributed by atoms with Gasteiger partial charge in [0.05, 0.1) is 31.6 Å². The third-order valence-corrected chi connectivity index (χ3v) is 7.02. The van der Waals surface area contributed by atoms with E-state index in [-0.39, 0.29) is 32.7 Å². The van der Waals surface area contributed by atoms with Crippen LogP contribution in [0.1, 0.15) is 26.4 Å². The van der Waals surface area contributed by atoms with Gasteiger partial charge in [-0.25, -0.2) is 4.98 Å². The first-order chi connectivity index (χ1) is 26.0. The van der Waals surface area contributed by atoms with Gasteiger partial charge in [0.1, 0.15) is 5.82 Å². The molecule has 40 heavy (non-hydrogen) atoms. The molecule has 0 N–H and O–H groups in total. The number of hydrogen-bond acceptors (Lipinski definition) is 1. The topological polar surface area (TPSA) is 17.8 Å². The Morgan fingerprint density at radius 3 is 1.82 bits per heavy atom. The van der Waals surface area contributed by atoms with Gasteiger partial charge in [-0.1, -0.05) is 109 Å². The van der Waals surface area contributed by atoms with Crippen molar-refractivity contribution in [3.8, 4) is 27.9 Å². The molecule has 0 atom stereocenters. The van der Waals surface area contributed by atoms with E-state index in [1.807, 2.05) is 35.8 Å². The minimum Gasteiger partial charge on any atom is -0.297 e. The fourth-order valence-electron chi connectivity index (χ4n) is 5.32. The Morgan fingerprint density at radius 1 is 0.575 bits per heavy atom. The molecule has 2 heteroatoms. The van der Waals surface area contributed by atoms with Gasteiger partial charge >= 0.3 is 0 Å². The minimum absolute atomic E-state index is 0.0402. The van der Waals surface area contributed by atoms with E-state index in [4.69, 9.17) is 12.3 Å². The highest BCUT2D eigenvalue weighted by molar-refractivity contribution is 6.21. The average molecular weight is 526 g/mol. The molecule has 0 fully saturated rings. The average Bonchev–Trinajstić information content (AvgIpc) is 3.52. The van der Waals surface area contributed by atoms with Gasteiger partial charge in [-0.05, 0) is 91.8 Å². The van der Waals surface area contributed by atoms with Gasteiger partial charge in [0.15, 0.2) is 0 Å². The monoisotopic (exact) mass is 525 g/mol. The second kappa shape index (κ2) is 8.93. The molecule has 0 saturated heterocycles. The second-order valence-electron chi connectivity index (χ2n) is 9.28. The van der Waals surface area contributed by atoms with Gasteiger partial charge in [0.2, 0.25) is 0 Å². The molecule has 1 heterocycles. The smallest absolute Gasteiger partial charge is 0.111 e. The second-order valence-corrected chi connectivity index (χ2v) is 9.28. The van der Waals surface area contributed by atoms with E-state index in [9.17, 15) is 8.22 Å². The number of fused-ring (bicyclic) bond motifs is 4. The number of imidazole rings is 1. The van der Waals surface area contributed by atoms with Crippen molar-refractivity contribution in [2.24, 2.45) is 0 Å². The molecule has 0 aliphatic heterocycles. The maximum Gasteiger partial charge on any atom is 0.111 e. The van der Waals surface area contributed by atoms with Crippen molar-refractivity contribution < 1.29 is 20.6 Å². The molecule has 0 radical (unpaired) electrons. The summed E-state index contributed by atoms with van der Waals surface area (Å²) in [5.74, 6) is 0.698. The van der Waals surface area contributed by atoms with Gasteiger partial charge in [-0.2, -0.15) is 0 Å². The van der Waals surface area contributed by atoms with Crippen molar-refractivity contribution in [2.75, 3.05) is 0 Å². The van der Waals surface area contributed by atoms with Crippen molar-refractivity contribution in [2.45, 2.75) is 6.92 Å². The molecule has 0 amide bonds. The Balaban J connectivity index is 1.61. The van der Waals surface area contributed by atoms with Gasteiger partial charge in [0, 0.05) is 5.69 Å². The number of aromatic nitrogens is 2. The number of hydrogen-bond donors (Lipinski definition) is 0. The molecule has 0 aliphatic carbocycles. The van der Waals surface area contributed by atoms with E-state index in [1.54, 1.807) is 24.3 Å². The zero-order valence-corrected chi connectivity index (χ0v) is 21.0. The molecule has 0 unspecified atom stereocenters. The number of nitrogens with zero attached hydrogens (tertiary/aromatic N) is 2. The van der Waals surface area contributed by atoms with Crippen LogP contribution in [-0.4, -0.2) is 9.55 Å². The first-order valence-electron chi connectivity index (χ1n) is 20.0. The predicted molar refractivity (Wildman–Crippen MR) is 169 cm³/mol. The third-order valence-electron chi connectivity index (χ3n) is 7.02. The summed E-state index contributed by atoms with van der Waals surface area (Å²) in [4.78, 5) is 4.64. The van der Waals surface area contributed by atoms with E-state index in [2.05, 4.69) is 4.98 Å². The summed E-state index contributed by atoms with van der Waals surface area (Å²) in [5.41, 5.74) is 1.82. The Hall–Kier alpha value is -5.21. The highest BCUT2D eigenvalue weighted by Gasteiger charge is 2.17. The van der Waals surface area contributed by atoms with Gasteiger partial charge < -0.3 is 0 Å². The van der Waals surface area contributed by atoms with Gasteiger partial charge in [-0.3, -0.25) is 4.57 Å². The molecule has 8 rings (SSSR count). The van der Waals surface area contributed by atoms with Crippen molar-refractivity contribution in [3.05, 3.63) is 145 Å². The van der Waals surface area contributed by atoms with Gasteiger partial charge in [0.25, 0.3) is 0 Å². The summed E-state index contributed by atoms with van der Waals surface area (Å²) in [7, 11) is 0. The standard InChI is InChI=1S/C38H26N2/c1-25-39-35-16-8-9-17-36(35)40(25)30-22-20-27(21-23-30)37-31-12-4-6-14-33(31)38(34-15-7-5-13-32(34)37)29-19-18-26-10-2-3-11-28(26)24-29/h2-24H,1H3/i2D,3D,4D,5D,6D,7D,10D,11D,12D,13D,14D,15D,18D,19D,24D. The molecular formula is C38H26N2. The number of benzene rings is 7. The van der Waals surface area contributed by atoms with Gasteiger partial charge in [-0.15, -0.1) is 0 Å². The number of rotatable bonds is 3. The number of aryl methyl sites for hydroxylation is 1. The first-order valence-corrected chi connectivity index (χ1v) is 12.5. The third kappa shape index (κ3) is 3.47. The van der Waals surface area contributed by atoms with Crippen molar-refractivity contribution in [1.82, 2.24) is 9.55 Å². The Bertz CT molecular complexity index is 2960. The van der Waals surface area contributed by atoms with E-state index in [0.29, 0.717) is 17.1 Å². The van der Waals surface area contributed by atoms with Crippen LogP contribution < -0.4 is 0 Å². The fraction of sp³-hybridized carbons (Fsp3) is 0.0263. The van der Waals surface area contributed by atoms with Crippen molar-refractivity contribution in [1.29, 1.82) is 0 Å². The van der Waals surface area contributed by atoms with Crippen LogP contribution in [0.2, 0.25) is 0 Å². The van der Waals surface area contributed by atoms with Crippen molar-refractivity contribution in [3.63, 3.8) is 0 Å². The molecule has 2 nitrogen and oxygen atoms in total. The summed E-state index contributed by atoms with van der Waals surface area (Å²) >= 11 is 0. The lowest BCUT2D eigenvalue weighted by Gasteiger charge is -2.18. The van der Waals surface area contributed by atoms with Crippen molar-refractivity contribution >= 4 is 43.4 Å². The number of para-hydroxylation sites is 2. The lowest BCUT2D eigenvalue weighted by Crippen LogP contribution is -1.97. The van der Waals surface area contributed by atoms with Crippen LogP contribution >= 0.6 is 0 Å². The Kier molecular flexibility index (Phi) is 2.75. The van der Waals surface area contributed by atoms with E-state index in [1.165, 1.54) is 0 Å². The van der Waals surface area contributed by atoms with Crippen LogP contribution in [0, 0.1) is 6.92 Å². The largest absolute Gasteiger partial charge is 0.297 e. The summed E-state index contributed by atoms with van der Waals surface area (Å²) in [6.07, 6.45) is 0. The molecule has 0 aliphatic rings. The fourth-order valence-corrected chi connectivity index (χ4v) is 5.32. The van der Waals surface area contributed by atoms with E-state index >= 15 is 0 Å². The lowest BCUT2D eigenvalue weighted by molar-refractivity contribution is 1.00. The van der Waals surface area contributed by atoms with Crippen LogP contribution in [0.4, 0.5) is 0 Å². The maximum absolute atomic E-state index is 9.35. The minimum atomic E-state index is -0.731. The van der Waals surface area contributed by atoms with Crippen LogP contribution in [0.3, 0.4) is 0 Å². The molecule has 0 bridgehead atoms. The predicted octanol–water partition coefficient (Wildman–Crippen LogP) is 10.1. The molecular weight excluding hydrogens is 484 g/mol. The highest BCUT2D eigenvalue weighted by Crippen LogP contribution is 2.44. The SMILES string of the molecule is [2H]c1c([2H])c([2H])c2c([2H])c(-c3c4c([2H])c([2H])c([2H])c([2H])c4c(-c4ccc(-n5c(C)nc6ccccc65)cc4)c4c([2H])c([2H])c([2H])c([2H])c34)c([2H])c([2H])c2c1[2H]. The van der Waals surface area contributed by atoms with E-state index < -0.39 is 107 Å². The van der Waals surface area contributed by atoms with Crippen LogP contribution in [0.25, 0.3) is 71.3 Å². The lowest BCUT2D eigenvalue weighted by atomic mass is 9.85. The molecule has 0 spiro atoms. The highest BCUT2D eigenvalue weighted by atomic mass is 15.1. The summed E-state index contributed by atoms with van der Waals surface area (Å²) < 4.78 is 135. The summed E-state index contributed by atoms with van der Waals surface area (Å²) in [6, 6.07) is 4.50. The zero-order chi connectivity index (χ0) is 39.7.